The molecule has 1 amide bonds. The van der Waals surface area contributed by atoms with Crippen molar-refractivity contribution in [2.45, 2.75) is 58.7 Å². The molecule has 22 heavy (non-hydrogen) atoms. The smallest absolute Gasteiger partial charge is 0.407 e. The molecule has 0 spiro atoms. The third kappa shape index (κ3) is 7.66. The van der Waals surface area contributed by atoms with Crippen LogP contribution < -0.4 is 10.6 Å². The quantitative estimate of drug-likeness (QED) is 0.836. The van der Waals surface area contributed by atoms with Gasteiger partial charge in [0.15, 0.2) is 0 Å². The van der Waals surface area contributed by atoms with E-state index < -0.39 is 5.60 Å². The number of benzene rings is 1. The number of carbonyl (C=O) groups excluding carboxylic acids is 1. The van der Waals surface area contributed by atoms with Crippen LogP contribution in [0.1, 0.15) is 40.2 Å². The third-order valence-electron chi connectivity index (χ3n) is 3.00. The van der Waals surface area contributed by atoms with Gasteiger partial charge in [-0.05, 0) is 52.7 Å². The van der Waals surface area contributed by atoms with Crippen LogP contribution in [0.5, 0.6) is 0 Å². The Morgan fingerprint density at radius 2 is 1.86 bits per heavy atom. The fraction of sp³-hybridized carbons (Fsp3) is 0.588. The molecule has 1 aromatic carbocycles. The summed E-state index contributed by atoms with van der Waals surface area (Å²) in [6.07, 6.45) is 0.455. The molecule has 0 saturated heterocycles. The maximum atomic E-state index is 11.6. The molecule has 0 saturated carbocycles. The Morgan fingerprint density at radius 3 is 2.45 bits per heavy atom. The van der Waals surface area contributed by atoms with Crippen LogP contribution in [0.25, 0.3) is 0 Å². The lowest BCUT2D eigenvalue weighted by molar-refractivity contribution is 0.0522. The van der Waals surface area contributed by atoms with Crippen LogP contribution in [0.15, 0.2) is 24.3 Å². The van der Waals surface area contributed by atoms with Crippen molar-refractivity contribution in [1.29, 1.82) is 0 Å². The summed E-state index contributed by atoms with van der Waals surface area (Å²) in [5.41, 5.74) is 0.648. The number of hydrogen-bond acceptors (Lipinski definition) is 3. The van der Waals surface area contributed by atoms with Gasteiger partial charge in [-0.25, -0.2) is 4.79 Å². The Hall–Kier alpha value is -1.26. The molecule has 0 aromatic heterocycles. The van der Waals surface area contributed by atoms with Gasteiger partial charge in [-0.3, -0.25) is 0 Å². The van der Waals surface area contributed by atoms with E-state index in [1.54, 1.807) is 0 Å². The highest BCUT2D eigenvalue weighted by atomic mass is 35.5. The molecule has 0 radical (unpaired) electrons. The van der Waals surface area contributed by atoms with Crippen molar-refractivity contribution >= 4 is 17.7 Å². The predicted molar refractivity (Wildman–Crippen MR) is 91.5 cm³/mol. The maximum Gasteiger partial charge on any atom is 0.407 e. The normalized spacial score (nSPS) is 14.3. The van der Waals surface area contributed by atoms with Gasteiger partial charge in [-0.2, -0.15) is 0 Å². The second-order valence-corrected chi connectivity index (χ2v) is 7.05. The number of ether oxygens (including phenoxy) is 1. The minimum Gasteiger partial charge on any atom is -0.444 e. The largest absolute Gasteiger partial charge is 0.444 e. The summed E-state index contributed by atoms with van der Waals surface area (Å²) in [7, 11) is 0. The van der Waals surface area contributed by atoms with Crippen molar-refractivity contribution < 1.29 is 9.53 Å². The lowest BCUT2D eigenvalue weighted by atomic mass is 10.1. The molecule has 2 atom stereocenters. The van der Waals surface area contributed by atoms with E-state index >= 15 is 0 Å². The Labute approximate surface area is 138 Å². The molecule has 0 heterocycles. The fourth-order valence-corrected chi connectivity index (χ4v) is 2.36. The number of carbonyl (C=O) groups is 1. The number of alkyl carbamates (subject to hydrolysis) is 1. The molecular weight excluding hydrogens is 300 g/mol. The van der Waals surface area contributed by atoms with Crippen LogP contribution in [-0.4, -0.2) is 30.3 Å². The van der Waals surface area contributed by atoms with Crippen LogP contribution >= 0.6 is 11.6 Å². The van der Waals surface area contributed by atoms with E-state index in [4.69, 9.17) is 16.3 Å². The van der Waals surface area contributed by atoms with E-state index in [0.717, 1.165) is 17.0 Å². The molecule has 0 aliphatic carbocycles. The van der Waals surface area contributed by atoms with Crippen molar-refractivity contribution in [1.82, 2.24) is 10.6 Å². The minimum absolute atomic E-state index is 0.144. The molecule has 2 unspecified atom stereocenters. The van der Waals surface area contributed by atoms with Crippen molar-refractivity contribution in [2.75, 3.05) is 6.54 Å². The van der Waals surface area contributed by atoms with Gasteiger partial charge >= 0.3 is 6.09 Å². The summed E-state index contributed by atoms with van der Waals surface area (Å²) < 4.78 is 5.21. The number of rotatable bonds is 6. The molecule has 0 fully saturated rings. The van der Waals surface area contributed by atoms with Gasteiger partial charge in [0.05, 0.1) is 0 Å². The van der Waals surface area contributed by atoms with Gasteiger partial charge in [-0.15, -0.1) is 0 Å². The Bertz CT molecular complexity index is 486. The zero-order valence-electron chi connectivity index (χ0n) is 14.1. The van der Waals surface area contributed by atoms with Gasteiger partial charge in [0.2, 0.25) is 0 Å². The maximum absolute atomic E-state index is 11.6. The predicted octanol–water partition coefficient (Wildman–Crippen LogP) is 3.77. The molecule has 2 N–H and O–H groups in total. The van der Waals surface area contributed by atoms with Crippen LogP contribution in [-0.2, 0) is 11.2 Å². The monoisotopic (exact) mass is 326 g/mol. The number of amides is 1. The number of hydrogen-bond donors (Lipinski definition) is 2. The first-order valence-corrected chi connectivity index (χ1v) is 8.01. The second kappa shape index (κ2) is 8.39. The highest BCUT2D eigenvalue weighted by Gasteiger charge is 2.17. The van der Waals surface area contributed by atoms with Crippen LogP contribution in [0, 0.1) is 0 Å². The van der Waals surface area contributed by atoms with E-state index in [0.29, 0.717) is 6.54 Å². The molecule has 0 aliphatic heterocycles. The lowest BCUT2D eigenvalue weighted by Gasteiger charge is -2.23. The summed E-state index contributed by atoms with van der Waals surface area (Å²) in [5.74, 6) is 0. The first-order chi connectivity index (χ1) is 10.2. The summed E-state index contributed by atoms with van der Waals surface area (Å²) >= 11 is 6.17. The number of halogens is 1. The van der Waals surface area contributed by atoms with Crippen LogP contribution in [0.3, 0.4) is 0 Å². The average molecular weight is 327 g/mol. The highest BCUT2D eigenvalue weighted by Crippen LogP contribution is 2.16. The molecule has 1 aromatic rings. The standard InChI is InChI=1S/C17H27ClN2O2/c1-12(10-14-8-6-7-9-15(14)18)20-13(2)11-19-16(21)22-17(3,4)5/h6-9,12-13,20H,10-11H2,1-5H3,(H,19,21). The average Bonchev–Trinajstić information content (AvgIpc) is 2.37. The van der Waals surface area contributed by atoms with Crippen molar-refractivity contribution in [2.24, 2.45) is 0 Å². The van der Waals surface area contributed by atoms with Gasteiger partial charge in [0, 0.05) is 23.7 Å². The number of nitrogens with one attached hydrogen (secondary N) is 2. The fourth-order valence-electron chi connectivity index (χ4n) is 2.15. The van der Waals surface area contributed by atoms with Gasteiger partial charge in [0.25, 0.3) is 0 Å². The highest BCUT2D eigenvalue weighted by molar-refractivity contribution is 6.31. The van der Waals surface area contributed by atoms with Gasteiger partial charge in [0.1, 0.15) is 5.60 Å². The van der Waals surface area contributed by atoms with E-state index in [1.807, 2.05) is 52.0 Å². The first kappa shape index (κ1) is 18.8. The zero-order chi connectivity index (χ0) is 16.8. The molecule has 5 heteroatoms. The summed E-state index contributed by atoms with van der Waals surface area (Å²) in [4.78, 5) is 11.6. The molecule has 4 nitrogen and oxygen atoms in total. The summed E-state index contributed by atoms with van der Waals surface area (Å²) in [5, 5.41) is 7.00. The van der Waals surface area contributed by atoms with Crippen LogP contribution in [0.4, 0.5) is 4.79 Å². The topological polar surface area (TPSA) is 50.4 Å². The molecule has 1 rings (SSSR count). The molecule has 0 aliphatic rings. The van der Waals surface area contributed by atoms with Crippen molar-refractivity contribution in [3.05, 3.63) is 34.9 Å². The summed E-state index contributed by atoms with van der Waals surface area (Å²) in [6.45, 7) is 10.2. The van der Waals surface area contributed by atoms with Crippen molar-refractivity contribution in [3.8, 4) is 0 Å². The first-order valence-electron chi connectivity index (χ1n) is 7.63. The SMILES string of the molecule is CC(CNC(=O)OC(C)(C)C)NC(C)Cc1ccccc1Cl. The van der Waals surface area contributed by atoms with E-state index in [1.165, 1.54) is 0 Å². The van der Waals surface area contributed by atoms with E-state index in [2.05, 4.69) is 17.6 Å². The van der Waals surface area contributed by atoms with Crippen LogP contribution in [0.2, 0.25) is 5.02 Å². The second-order valence-electron chi connectivity index (χ2n) is 6.65. The van der Waals surface area contributed by atoms with Crippen molar-refractivity contribution in [3.63, 3.8) is 0 Å². The van der Waals surface area contributed by atoms with Gasteiger partial charge < -0.3 is 15.4 Å². The molecular formula is C17H27ClN2O2. The molecule has 124 valence electrons. The third-order valence-corrected chi connectivity index (χ3v) is 3.37. The Morgan fingerprint density at radius 1 is 1.23 bits per heavy atom. The summed E-state index contributed by atoms with van der Waals surface area (Å²) in [6, 6.07) is 8.25. The lowest BCUT2D eigenvalue weighted by Crippen LogP contribution is -2.44. The minimum atomic E-state index is -0.474. The van der Waals surface area contributed by atoms with Gasteiger partial charge in [-0.1, -0.05) is 29.8 Å². The Kier molecular flexibility index (Phi) is 7.17. The molecule has 0 bridgehead atoms. The zero-order valence-corrected chi connectivity index (χ0v) is 14.8. The Balaban J connectivity index is 2.34. The van der Waals surface area contributed by atoms with E-state index in [9.17, 15) is 4.79 Å². The van der Waals surface area contributed by atoms with E-state index in [-0.39, 0.29) is 18.2 Å².